The van der Waals surface area contributed by atoms with Gasteiger partial charge in [0.25, 0.3) is 11.1 Å². The second-order valence-electron chi connectivity index (χ2n) is 5.74. The predicted molar refractivity (Wildman–Crippen MR) is 102 cm³/mol. The molecule has 6 nitrogen and oxygen atoms in total. The van der Waals surface area contributed by atoms with E-state index in [0.717, 1.165) is 22.2 Å². The molecule has 1 atom stereocenters. The second kappa shape index (κ2) is 7.05. The first-order chi connectivity index (χ1) is 12.7. The molecule has 1 amide bonds. The monoisotopic (exact) mass is 364 g/mol. The van der Waals surface area contributed by atoms with Gasteiger partial charge in [0.15, 0.2) is 0 Å². The third-order valence-electron chi connectivity index (χ3n) is 3.91. The summed E-state index contributed by atoms with van der Waals surface area (Å²) in [5.41, 5.74) is 2.61. The number of carbonyl (C=O) groups is 1. The molecular formula is C19H16N4O2S. The summed E-state index contributed by atoms with van der Waals surface area (Å²) >= 11 is 1.23. The Hall–Kier alpha value is -3.06. The Labute approximate surface area is 154 Å². The summed E-state index contributed by atoms with van der Waals surface area (Å²) in [5.74, 6) is 0.314. The minimum absolute atomic E-state index is 0.118. The quantitative estimate of drug-likeness (QED) is 0.515. The molecule has 0 unspecified atom stereocenters. The molecule has 0 aliphatic rings. The highest BCUT2D eigenvalue weighted by atomic mass is 32.2. The normalized spacial score (nSPS) is 12.2. The maximum atomic E-state index is 12.3. The Kier molecular flexibility index (Phi) is 4.45. The Morgan fingerprint density at radius 2 is 1.88 bits per heavy atom. The number of benzene rings is 2. The zero-order valence-electron chi connectivity index (χ0n) is 14.0. The van der Waals surface area contributed by atoms with Gasteiger partial charge in [0, 0.05) is 22.8 Å². The number of hydrogen-bond acceptors (Lipinski definition) is 5. The lowest BCUT2D eigenvalue weighted by atomic mass is 10.2. The molecule has 0 radical (unpaired) electrons. The molecule has 2 aromatic carbocycles. The number of nitrogens with zero attached hydrogens (tertiary/aromatic N) is 2. The average Bonchev–Trinajstić information content (AvgIpc) is 3.29. The maximum absolute atomic E-state index is 12.3. The minimum atomic E-state index is -0.369. The standard InChI is InChI=1S/C19H16N4O2S/c1-12(17(24)21-13-7-3-2-4-8-13)26-19-23-22-18(25-19)15-11-20-16-10-6-5-9-14(15)16/h2-12,20H,1H3,(H,21,24)/t12-/m0/s1. The fourth-order valence-corrected chi connectivity index (χ4v) is 3.27. The lowest BCUT2D eigenvalue weighted by molar-refractivity contribution is -0.115. The highest BCUT2D eigenvalue weighted by Crippen LogP contribution is 2.30. The third-order valence-corrected chi connectivity index (χ3v) is 4.85. The van der Waals surface area contributed by atoms with E-state index in [-0.39, 0.29) is 11.2 Å². The van der Waals surface area contributed by atoms with Crippen LogP contribution in [0, 0.1) is 0 Å². The maximum Gasteiger partial charge on any atom is 0.277 e. The van der Waals surface area contributed by atoms with E-state index >= 15 is 0 Å². The molecule has 0 bridgehead atoms. The highest BCUT2D eigenvalue weighted by molar-refractivity contribution is 8.00. The van der Waals surface area contributed by atoms with Crippen LogP contribution in [0.2, 0.25) is 0 Å². The van der Waals surface area contributed by atoms with Crippen LogP contribution in [-0.4, -0.2) is 26.3 Å². The molecule has 2 heterocycles. The summed E-state index contributed by atoms with van der Waals surface area (Å²) in [6, 6.07) is 17.2. The fraction of sp³-hybridized carbons (Fsp3) is 0.105. The molecule has 26 heavy (non-hydrogen) atoms. The van der Waals surface area contributed by atoms with E-state index in [2.05, 4.69) is 20.5 Å². The van der Waals surface area contributed by atoms with E-state index < -0.39 is 0 Å². The summed E-state index contributed by atoms with van der Waals surface area (Å²) in [7, 11) is 0. The van der Waals surface area contributed by atoms with Gasteiger partial charge in [0.05, 0.1) is 10.8 Å². The molecule has 2 aromatic heterocycles. The van der Waals surface area contributed by atoms with Gasteiger partial charge >= 0.3 is 0 Å². The van der Waals surface area contributed by atoms with Crippen molar-refractivity contribution in [1.82, 2.24) is 15.2 Å². The molecular weight excluding hydrogens is 348 g/mol. The van der Waals surface area contributed by atoms with E-state index in [9.17, 15) is 4.79 Å². The van der Waals surface area contributed by atoms with E-state index in [0.29, 0.717) is 11.1 Å². The van der Waals surface area contributed by atoms with Crippen LogP contribution in [-0.2, 0) is 4.79 Å². The molecule has 4 aromatic rings. The van der Waals surface area contributed by atoms with Crippen LogP contribution >= 0.6 is 11.8 Å². The summed E-state index contributed by atoms with van der Waals surface area (Å²) in [4.78, 5) is 15.5. The molecule has 7 heteroatoms. The SMILES string of the molecule is C[C@H](Sc1nnc(-c2c[nH]c3ccccc23)o1)C(=O)Nc1ccccc1. The Morgan fingerprint density at radius 3 is 2.73 bits per heavy atom. The van der Waals surface area contributed by atoms with Gasteiger partial charge < -0.3 is 14.7 Å². The molecule has 0 spiro atoms. The Morgan fingerprint density at radius 1 is 1.12 bits per heavy atom. The molecule has 0 aliphatic carbocycles. The average molecular weight is 364 g/mol. The number of fused-ring (bicyclic) bond motifs is 1. The number of carbonyl (C=O) groups excluding carboxylic acids is 1. The van der Waals surface area contributed by atoms with Crippen molar-refractivity contribution in [3.05, 3.63) is 60.8 Å². The van der Waals surface area contributed by atoms with Gasteiger partial charge in [0.2, 0.25) is 5.91 Å². The first kappa shape index (κ1) is 16.4. The zero-order valence-corrected chi connectivity index (χ0v) is 14.8. The van der Waals surface area contributed by atoms with Crippen molar-refractivity contribution >= 4 is 34.3 Å². The van der Waals surface area contributed by atoms with Crippen molar-refractivity contribution in [2.45, 2.75) is 17.4 Å². The van der Waals surface area contributed by atoms with Crippen LogP contribution in [0.5, 0.6) is 0 Å². The number of aromatic amines is 1. The van der Waals surface area contributed by atoms with Crippen molar-refractivity contribution in [2.24, 2.45) is 0 Å². The van der Waals surface area contributed by atoms with Gasteiger partial charge in [-0.05, 0) is 25.1 Å². The molecule has 0 aliphatic heterocycles. The van der Waals surface area contributed by atoms with E-state index in [1.807, 2.05) is 60.8 Å². The molecule has 0 fully saturated rings. The van der Waals surface area contributed by atoms with Crippen molar-refractivity contribution in [3.63, 3.8) is 0 Å². The number of nitrogens with one attached hydrogen (secondary N) is 2. The first-order valence-electron chi connectivity index (χ1n) is 8.13. The lowest BCUT2D eigenvalue weighted by Crippen LogP contribution is -2.22. The van der Waals surface area contributed by atoms with E-state index in [1.54, 1.807) is 6.92 Å². The van der Waals surface area contributed by atoms with Crippen molar-refractivity contribution in [3.8, 4) is 11.5 Å². The number of amides is 1. The molecule has 0 saturated carbocycles. The second-order valence-corrected chi connectivity index (χ2v) is 7.03. The lowest BCUT2D eigenvalue weighted by Gasteiger charge is -2.09. The van der Waals surface area contributed by atoms with Crippen molar-refractivity contribution < 1.29 is 9.21 Å². The third kappa shape index (κ3) is 3.34. The van der Waals surface area contributed by atoms with Gasteiger partial charge in [-0.2, -0.15) is 0 Å². The smallest absolute Gasteiger partial charge is 0.277 e. The Balaban J connectivity index is 1.47. The topological polar surface area (TPSA) is 83.8 Å². The highest BCUT2D eigenvalue weighted by Gasteiger charge is 2.19. The largest absolute Gasteiger partial charge is 0.411 e. The number of H-pyrrole nitrogens is 1. The molecule has 2 N–H and O–H groups in total. The van der Waals surface area contributed by atoms with E-state index in [4.69, 9.17) is 4.42 Å². The Bertz CT molecular complexity index is 1040. The van der Waals surface area contributed by atoms with Crippen LogP contribution < -0.4 is 5.32 Å². The zero-order chi connectivity index (χ0) is 17.9. The van der Waals surface area contributed by atoms with Gasteiger partial charge in [-0.25, -0.2) is 0 Å². The summed E-state index contributed by atoms with van der Waals surface area (Å²) < 4.78 is 5.75. The van der Waals surface area contributed by atoms with Gasteiger partial charge in [-0.3, -0.25) is 4.79 Å². The number of rotatable bonds is 5. The van der Waals surface area contributed by atoms with Crippen LogP contribution in [0.1, 0.15) is 6.92 Å². The minimum Gasteiger partial charge on any atom is -0.411 e. The number of hydrogen-bond donors (Lipinski definition) is 2. The summed E-state index contributed by atoms with van der Waals surface area (Å²) in [6.45, 7) is 1.80. The van der Waals surface area contributed by atoms with Crippen LogP contribution in [0.3, 0.4) is 0 Å². The number of thioether (sulfide) groups is 1. The fourth-order valence-electron chi connectivity index (χ4n) is 2.58. The van der Waals surface area contributed by atoms with Crippen molar-refractivity contribution in [2.75, 3.05) is 5.32 Å². The number of aromatic nitrogens is 3. The van der Waals surface area contributed by atoms with Crippen LogP contribution in [0.4, 0.5) is 5.69 Å². The summed E-state index contributed by atoms with van der Waals surface area (Å²) in [5, 5.41) is 12.1. The van der Waals surface area contributed by atoms with E-state index in [1.165, 1.54) is 11.8 Å². The first-order valence-corrected chi connectivity index (χ1v) is 9.01. The summed E-state index contributed by atoms with van der Waals surface area (Å²) in [6.07, 6.45) is 1.85. The number of anilines is 1. The van der Waals surface area contributed by atoms with Gasteiger partial charge in [-0.1, -0.05) is 48.2 Å². The predicted octanol–water partition coefficient (Wildman–Crippen LogP) is 4.34. The van der Waals surface area contributed by atoms with Gasteiger partial charge in [-0.15, -0.1) is 10.2 Å². The van der Waals surface area contributed by atoms with Gasteiger partial charge in [0.1, 0.15) is 0 Å². The van der Waals surface area contributed by atoms with Crippen LogP contribution in [0.25, 0.3) is 22.4 Å². The number of para-hydroxylation sites is 2. The molecule has 0 saturated heterocycles. The van der Waals surface area contributed by atoms with Crippen molar-refractivity contribution in [1.29, 1.82) is 0 Å². The molecule has 4 rings (SSSR count). The van der Waals surface area contributed by atoms with Crippen LogP contribution in [0.15, 0.2) is 70.4 Å². The molecule has 130 valence electrons.